The van der Waals surface area contributed by atoms with Crippen molar-refractivity contribution in [3.8, 4) is 11.5 Å². The fourth-order valence-corrected chi connectivity index (χ4v) is 3.95. The Morgan fingerprint density at radius 2 is 1.83 bits per heavy atom. The Hall–Kier alpha value is -2.35. The van der Waals surface area contributed by atoms with Crippen molar-refractivity contribution in [1.29, 1.82) is 0 Å². The van der Waals surface area contributed by atoms with Crippen LogP contribution in [-0.4, -0.2) is 36.9 Å². The molecule has 0 saturated carbocycles. The van der Waals surface area contributed by atoms with Crippen molar-refractivity contribution in [3.05, 3.63) is 52.3 Å². The SMILES string of the molecule is CCOCCn1c(=NC(=O)COc2ccc(Cl)cc2)sc2cc(OCC)ccc21. The van der Waals surface area contributed by atoms with E-state index in [0.717, 1.165) is 16.0 Å². The Balaban J connectivity index is 1.84. The molecule has 0 N–H and O–H groups in total. The summed E-state index contributed by atoms with van der Waals surface area (Å²) in [5.74, 6) is 1.00. The summed E-state index contributed by atoms with van der Waals surface area (Å²) in [6.07, 6.45) is 0. The van der Waals surface area contributed by atoms with Gasteiger partial charge < -0.3 is 18.8 Å². The van der Waals surface area contributed by atoms with Gasteiger partial charge in [-0.1, -0.05) is 22.9 Å². The maximum atomic E-state index is 12.4. The molecule has 2 aromatic carbocycles. The molecule has 29 heavy (non-hydrogen) atoms. The Morgan fingerprint density at radius 1 is 1.07 bits per heavy atom. The molecule has 0 saturated heterocycles. The molecule has 1 amide bonds. The number of hydrogen-bond acceptors (Lipinski definition) is 5. The number of halogens is 1. The van der Waals surface area contributed by atoms with Gasteiger partial charge in [0.1, 0.15) is 11.5 Å². The first kappa shape index (κ1) is 21.4. The van der Waals surface area contributed by atoms with Crippen LogP contribution >= 0.6 is 22.9 Å². The molecule has 0 atom stereocenters. The minimum atomic E-state index is -0.360. The van der Waals surface area contributed by atoms with E-state index in [0.29, 0.717) is 41.9 Å². The molecule has 0 aliphatic heterocycles. The first-order valence-corrected chi connectivity index (χ1v) is 10.6. The van der Waals surface area contributed by atoms with Crippen LogP contribution in [0.4, 0.5) is 0 Å². The van der Waals surface area contributed by atoms with Gasteiger partial charge in [-0.3, -0.25) is 4.79 Å². The smallest absolute Gasteiger partial charge is 0.286 e. The predicted molar refractivity (Wildman–Crippen MR) is 115 cm³/mol. The monoisotopic (exact) mass is 434 g/mol. The summed E-state index contributed by atoms with van der Waals surface area (Å²) in [6, 6.07) is 12.7. The van der Waals surface area contributed by atoms with Crippen molar-refractivity contribution < 1.29 is 19.0 Å². The van der Waals surface area contributed by atoms with Crippen molar-refractivity contribution in [2.45, 2.75) is 20.4 Å². The van der Waals surface area contributed by atoms with E-state index < -0.39 is 0 Å². The second kappa shape index (κ2) is 10.4. The largest absolute Gasteiger partial charge is 0.494 e. The summed E-state index contributed by atoms with van der Waals surface area (Å²) in [7, 11) is 0. The first-order chi connectivity index (χ1) is 14.1. The van der Waals surface area contributed by atoms with E-state index in [1.165, 1.54) is 11.3 Å². The van der Waals surface area contributed by atoms with Gasteiger partial charge in [-0.05, 0) is 56.3 Å². The Kier molecular flexibility index (Phi) is 7.69. The molecule has 0 spiro atoms. The summed E-state index contributed by atoms with van der Waals surface area (Å²) < 4.78 is 19.6. The Labute approximate surface area is 178 Å². The lowest BCUT2D eigenvalue weighted by Crippen LogP contribution is -2.21. The molecule has 0 aliphatic rings. The van der Waals surface area contributed by atoms with Crippen LogP contribution in [0.15, 0.2) is 47.5 Å². The zero-order valence-corrected chi connectivity index (χ0v) is 18.0. The molecule has 1 aromatic heterocycles. The van der Waals surface area contributed by atoms with Crippen LogP contribution in [0, 0.1) is 0 Å². The number of carbonyl (C=O) groups excluding carboxylic acids is 1. The minimum Gasteiger partial charge on any atom is -0.494 e. The molecular weight excluding hydrogens is 412 g/mol. The third-order valence-corrected chi connectivity index (χ3v) is 5.32. The van der Waals surface area contributed by atoms with Gasteiger partial charge in [-0.25, -0.2) is 0 Å². The van der Waals surface area contributed by atoms with Crippen LogP contribution in [-0.2, 0) is 16.1 Å². The number of amides is 1. The second-order valence-electron chi connectivity index (χ2n) is 6.04. The molecule has 3 aromatic rings. The average molecular weight is 435 g/mol. The van der Waals surface area contributed by atoms with E-state index in [1.54, 1.807) is 24.3 Å². The number of fused-ring (bicyclic) bond motifs is 1. The lowest BCUT2D eigenvalue weighted by Gasteiger charge is -2.07. The highest BCUT2D eigenvalue weighted by Crippen LogP contribution is 2.23. The average Bonchev–Trinajstić information content (AvgIpc) is 3.04. The van der Waals surface area contributed by atoms with E-state index >= 15 is 0 Å². The maximum Gasteiger partial charge on any atom is 0.286 e. The van der Waals surface area contributed by atoms with Crippen LogP contribution in [0.3, 0.4) is 0 Å². The molecule has 8 heteroatoms. The number of carbonyl (C=O) groups is 1. The van der Waals surface area contributed by atoms with Crippen LogP contribution in [0.25, 0.3) is 10.2 Å². The predicted octanol–water partition coefficient (Wildman–Crippen LogP) is 4.30. The van der Waals surface area contributed by atoms with E-state index in [2.05, 4.69) is 4.99 Å². The van der Waals surface area contributed by atoms with Gasteiger partial charge in [0, 0.05) is 18.2 Å². The summed E-state index contributed by atoms with van der Waals surface area (Å²) in [4.78, 5) is 17.3. The van der Waals surface area contributed by atoms with Crippen LogP contribution in [0.1, 0.15) is 13.8 Å². The van der Waals surface area contributed by atoms with Crippen LogP contribution in [0.2, 0.25) is 5.02 Å². The molecule has 0 bridgehead atoms. The van der Waals surface area contributed by atoms with Crippen molar-refractivity contribution in [3.63, 3.8) is 0 Å². The number of aromatic nitrogens is 1. The molecule has 154 valence electrons. The fraction of sp³-hybridized carbons (Fsp3) is 0.333. The summed E-state index contributed by atoms with van der Waals surface area (Å²) in [5.41, 5.74) is 0.989. The minimum absolute atomic E-state index is 0.147. The van der Waals surface area contributed by atoms with Gasteiger partial charge in [-0.15, -0.1) is 0 Å². The summed E-state index contributed by atoms with van der Waals surface area (Å²) >= 11 is 7.30. The third kappa shape index (κ3) is 5.82. The standard InChI is InChI=1S/C21H23ClN2O4S/c1-3-26-12-11-24-18-10-9-17(27-4-2)13-19(18)29-21(24)23-20(25)14-28-16-7-5-15(22)6-8-16/h5-10,13H,3-4,11-12,14H2,1-2H3. The summed E-state index contributed by atoms with van der Waals surface area (Å²) in [5, 5.41) is 0.611. The summed E-state index contributed by atoms with van der Waals surface area (Å²) in [6.45, 7) is 6.13. The van der Waals surface area contributed by atoms with E-state index in [1.807, 2.05) is 36.6 Å². The first-order valence-electron chi connectivity index (χ1n) is 9.40. The van der Waals surface area contributed by atoms with E-state index in [9.17, 15) is 4.79 Å². The lowest BCUT2D eigenvalue weighted by atomic mass is 10.3. The maximum absolute atomic E-state index is 12.4. The van der Waals surface area contributed by atoms with Crippen LogP contribution in [0.5, 0.6) is 11.5 Å². The normalized spacial score (nSPS) is 11.8. The number of benzene rings is 2. The molecule has 0 radical (unpaired) electrons. The number of ether oxygens (including phenoxy) is 3. The third-order valence-electron chi connectivity index (χ3n) is 4.02. The molecule has 1 heterocycles. The van der Waals surface area contributed by atoms with E-state index in [-0.39, 0.29) is 12.5 Å². The van der Waals surface area contributed by atoms with Gasteiger partial charge in [0.05, 0.1) is 23.4 Å². The second-order valence-corrected chi connectivity index (χ2v) is 7.49. The molecule has 3 rings (SSSR count). The molecule has 0 aliphatic carbocycles. The number of thiazole rings is 1. The Morgan fingerprint density at radius 3 is 2.55 bits per heavy atom. The Bertz CT molecular complexity index is 1030. The topological polar surface area (TPSA) is 62.1 Å². The van der Waals surface area contributed by atoms with Crippen molar-refractivity contribution in [2.75, 3.05) is 26.4 Å². The van der Waals surface area contributed by atoms with Gasteiger partial charge in [0.15, 0.2) is 11.4 Å². The molecule has 0 fully saturated rings. The number of rotatable bonds is 9. The molecule has 6 nitrogen and oxygen atoms in total. The molecule has 0 unspecified atom stereocenters. The highest BCUT2D eigenvalue weighted by atomic mass is 35.5. The quantitative estimate of drug-likeness (QED) is 0.471. The van der Waals surface area contributed by atoms with Gasteiger partial charge in [0.2, 0.25) is 0 Å². The van der Waals surface area contributed by atoms with Gasteiger partial charge in [-0.2, -0.15) is 4.99 Å². The zero-order chi connectivity index (χ0) is 20.6. The molecular formula is C21H23ClN2O4S. The fourth-order valence-electron chi connectivity index (χ4n) is 2.73. The van der Waals surface area contributed by atoms with Crippen molar-refractivity contribution in [1.82, 2.24) is 4.57 Å². The number of hydrogen-bond donors (Lipinski definition) is 0. The lowest BCUT2D eigenvalue weighted by molar-refractivity contribution is -0.120. The zero-order valence-electron chi connectivity index (χ0n) is 16.4. The highest BCUT2D eigenvalue weighted by molar-refractivity contribution is 7.16. The number of nitrogens with zero attached hydrogens (tertiary/aromatic N) is 2. The highest BCUT2D eigenvalue weighted by Gasteiger charge is 2.10. The van der Waals surface area contributed by atoms with Gasteiger partial charge in [0.25, 0.3) is 5.91 Å². The van der Waals surface area contributed by atoms with Crippen molar-refractivity contribution >= 4 is 39.1 Å². The van der Waals surface area contributed by atoms with Crippen LogP contribution < -0.4 is 14.3 Å². The van der Waals surface area contributed by atoms with Gasteiger partial charge >= 0.3 is 0 Å². The van der Waals surface area contributed by atoms with Crippen molar-refractivity contribution in [2.24, 2.45) is 4.99 Å². The van der Waals surface area contributed by atoms with E-state index in [4.69, 9.17) is 25.8 Å².